The van der Waals surface area contributed by atoms with Gasteiger partial charge in [0, 0.05) is 40.8 Å². The summed E-state index contributed by atoms with van der Waals surface area (Å²) >= 11 is 1.16. The summed E-state index contributed by atoms with van der Waals surface area (Å²) < 4.78 is 40.4. The van der Waals surface area contributed by atoms with Crippen LogP contribution in [0.1, 0.15) is 49.2 Å². The van der Waals surface area contributed by atoms with Crippen molar-refractivity contribution in [3.05, 3.63) is 75.5 Å². The van der Waals surface area contributed by atoms with Gasteiger partial charge < -0.3 is 10.6 Å². The molecule has 2 atom stereocenters. The smallest absolute Gasteiger partial charge is 0.315 e. The molecule has 2 aromatic heterocycles. The molecule has 2 amide bonds. The zero-order chi connectivity index (χ0) is 25.9. The van der Waals surface area contributed by atoms with Crippen molar-refractivity contribution in [2.75, 3.05) is 19.6 Å². The van der Waals surface area contributed by atoms with Crippen LogP contribution in [-0.2, 0) is 12.0 Å². The maximum absolute atomic E-state index is 13.6. The van der Waals surface area contributed by atoms with Crippen LogP contribution in [0.15, 0.2) is 54.3 Å². The molecule has 1 aliphatic heterocycles. The first kappa shape index (κ1) is 26.4. The molecule has 0 bridgehead atoms. The predicted octanol–water partition coefficient (Wildman–Crippen LogP) is 5.93. The fourth-order valence-electron chi connectivity index (χ4n) is 4.98. The highest BCUT2D eigenvalue weighted by Gasteiger charge is 2.43. The molecule has 2 unspecified atom stereocenters. The van der Waals surface area contributed by atoms with Crippen LogP contribution < -0.4 is 10.6 Å². The second kappa shape index (κ2) is 10.8. The van der Waals surface area contributed by atoms with Crippen LogP contribution in [0.4, 0.5) is 18.0 Å². The van der Waals surface area contributed by atoms with Gasteiger partial charge in [0.2, 0.25) is 0 Å². The van der Waals surface area contributed by atoms with Crippen LogP contribution in [0, 0.1) is 17.5 Å². The summed E-state index contributed by atoms with van der Waals surface area (Å²) in [4.78, 5) is 20.5. The van der Waals surface area contributed by atoms with E-state index in [0.717, 1.165) is 72.0 Å². The largest absolute Gasteiger partial charge is 0.338 e. The van der Waals surface area contributed by atoms with Gasteiger partial charge in [-0.25, -0.2) is 13.6 Å². The number of nitrogens with one attached hydrogen (secondary N) is 2. The monoisotopic (exact) mass is 518 g/mol. The highest BCUT2D eigenvalue weighted by atomic mass is 32.1. The molecule has 2 aromatic rings. The Bertz CT molecular complexity index is 1140. The first-order valence-corrected chi connectivity index (χ1v) is 13.1. The number of carbonyl (C=O) groups is 1. The fraction of sp³-hybridized carbons (Fsp3) is 0.481. The van der Waals surface area contributed by atoms with Crippen LogP contribution >= 0.6 is 11.3 Å². The van der Waals surface area contributed by atoms with Gasteiger partial charge in [-0.15, -0.1) is 11.3 Å². The number of carbonyl (C=O) groups excluding carboxylic acids is 1. The summed E-state index contributed by atoms with van der Waals surface area (Å²) in [7, 11) is 0. The van der Waals surface area contributed by atoms with Gasteiger partial charge in [-0.05, 0) is 88.9 Å². The van der Waals surface area contributed by atoms with E-state index in [1.54, 1.807) is 0 Å². The minimum absolute atomic E-state index is 0.198. The zero-order valence-corrected chi connectivity index (χ0v) is 21.7. The lowest BCUT2D eigenvalue weighted by Gasteiger charge is -2.38. The van der Waals surface area contributed by atoms with Gasteiger partial charge in [0.25, 0.3) is 0 Å². The van der Waals surface area contributed by atoms with Crippen molar-refractivity contribution in [2.24, 2.45) is 5.41 Å². The molecular formula is C27H33F3N4OS. The van der Waals surface area contributed by atoms with Crippen LogP contribution in [0.25, 0.3) is 0 Å². The van der Waals surface area contributed by atoms with Crippen molar-refractivity contribution in [2.45, 2.75) is 58.0 Å². The number of nitrogens with zero attached hydrogens (tertiary/aromatic N) is 2. The first-order chi connectivity index (χ1) is 17.1. The molecule has 36 heavy (non-hydrogen) atoms. The molecule has 2 N–H and O–H groups in total. The number of halogens is 3. The van der Waals surface area contributed by atoms with E-state index in [1.165, 1.54) is 6.07 Å². The number of urea groups is 1. The van der Waals surface area contributed by atoms with Gasteiger partial charge >= 0.3 is 6.03 Å². The van der Waals surface area contributed by atoms with Gasteiger partial charge in [0.05, 0.1) is 6.04 Å². The number of likely N-dealkylation sites (tertiary alicyclic amines) is 1. The number of amides is 2. The van der Waals surface area contributed by atoms with E-state index in [2.05, 4.69) is 40.4 Å². The molecule has 0 radical (unpaired) electrons. The predicted molar refractivity (Wildman–Crippen MR) is 137 cm³/mol. The first-order valence-electron chi connectivity index (χ1n) is 12.3. The minimum Gasteiger partial charge on any atom is -0.338 e. The average molecular weight is 519 g/mol. The average Bonchev–Trinajstić information content (AvgIpc) is 3.46. The Morgan fingerprint density at radius 3 is 2.69 bits per heavy atom. The number of hydrogen-bond acceptors (Lipinski definition) is 4. The van der Waals surface area contributed by atoms with Crippen molar-refractivity contribution in [3.63, 3.8) is 0 Å². The SMILES string of the molecule is Cc1ccc(C(C)(C)N2CCC(CCc3ccc(F)s3)(CNC(=O)NC3C=C(F)C(F)=CC3)C2)cn1. The number of hydrogen-bond donors (Lipinski definition) is 2. The third kappa shape index (κ3) is 6.18. The Hall–Kier alpha value is -2.65. The van der Waals surface area contributed by atoms with Crippen molar-refractivity contribution >= 4 is 17.4 Å². The molecule has 194 valence electrons. The Morgan fingerprint density at radius 1 is 1.22 bits per heavy atom. The maximum Gasteiger partial charge on any atom is 0.315 e. The van der Waals surface area contributed by atoms with Gasteiger partial charge in [-0.2, -0.15) is 4.39 Å². The molecule has 1 aliphatic carbocycles. The summed E-state index contributed by atoms with van der Waals surface area (Å²) in [6.07, 6.45) is 6.73. The Labute approximate surface area is 214 Å². The highest BCUT2D eigenvalue weighted by Crippen LogP contribution is 2.41. The van der Waals surface area contributed by atoms with Gasteiger partial charge in [-0.1, -0.05) is 6.07 Å². The number of rotatable bonds is 8. The molecule has 4 rings (SSSR count). The molecule has 0 saturated carbocycles. The second-order valence-electron chi connectivity index (χ2n) is 10.4. The molecular weight excluding hydrogens is 485 g/mol. The van der Waals surface area contributed by atoms with Crippen LogP contribution in [0.3, 0.4) is 0 Å². The van der Waals surface area contributed by atoms with Crippen molar-refractivity contribution < 1.29 is 18.0 Å². The van der Waals surface area contributed by atoms with E-state index in [4.69, 9.17) is 0 Å². The van der Waals surface area contributed by atoms with Crippen molar-refractivity contribution in [1.82, 2.24) is 20.5 Å². The fourth-order valence-corrected chi connectivity index (χ4v) is 5.70. The highest BCUT2D eigenvalue weighted by molar-refractivity contribution is 7.10. The quantitative estimate of drug-likeness (QED) is 0.456. The number of allylic oxidation sites excluding steroid dienone is 2. The molecule has 1 fully saturated rings. The number of aryl methyl sites for hydroxylation is 2. The molecule has 9 heteroatoms. The van der Waals surface area contributed by atoms with Gasteiger partial charge in [-0.3, -0.25) is 9.88 Å². The topological polar surface area (TPSA) is 57.3 Å². The van der Waals surface area contributed by atoms with E-state index in [-0.39, 0.29) is 22.5 Å². The molecule has 5 nitrogen and oxygen atoms in total. The maximum atomic E-state index is 13.6. The molecule has 2 aliphatic rings. The summed E-state index contributed by atoms with van der Waals surface area (Å²) in [5.74, 6) is -1.85. The van der Waals surface area contributed by atoms with E-state index in [0.29, 0.717) is 6.54 Å². The number of thiophene rings is 1. The molecule has 1 saturated heterocycles. The van der Waals surface area contributed by atoms with E-state index in [9.17, 15) is 18.0 Å². The van der Waals surface area contributed by atoms with E-state index in [1.807, 2.05) is 25.3 Å². The lowest BCUT2D eigenvalue weighted by Crippen LogP contribution is -2.48. The summed E-state index contributed by atoms with van der Waals surface area (Å²) in [5.41, 5.74) is 1.63. The van der Waals surface area contributed by atoms with Gasteiger partial charge in [0.1, 0.15) is 0 Å². The normalized spacial score (nSPS) is 22.8. The standard InChI is InChI=1S/C27H33F3N4OS/c1-18-4-5-19(15-31-18)26(2,3)34-13-12-27(17-34,11-10-21-7-9-24(30)36-21)16-32-25(35)33-20-6-8-22(28)23(29)14-20/h4-5,7-9,14-15,20H,6,10-13,16-17H2,1-3H3,(H2,32,33,35). The van der Waals surface area contributed by atoms with Gasteiger partial charge in [0.15, 0.2) is 16.8 Å². The summed E-state index contributed by atoms with van der Waals surface area (Å²) in [6, 6.07) is 6.42. The second-order valence-corrected chi connectivity index (χ2v) is 11.5. The Morgan fingerprint density at radius 2 is 2.03 bits per heavy atom. The van der Waals surface area contributed by atoms with Crippen molar-refractivity contribution in [1.29, 1.82) is 0 Å². The number of pyridine rings is 1. The Balaban J connectivity index is 1.44. The van der Waals surface area contributed by atoms with Crippen LogP contribution in [0.2, 0.25) is 0 Å². The van der Waals surface area contributed by atoms with E-state index >= 15 is 0 Å². The zero-order valence-electron chi connectivity index (χ0n) is 20.9. The van der Waals surface area contributed by atoms with Crippen LogP contribution in [-0.4, -0.2) is 41.6 Å². The lowest BCUT2D eigenvalue weighted by atomic mass is 9.81. The van der Waals surface area contributed by atoms with Crippen LogP contribution in [0.5, 0.6) is 0 Å². The molecule has 0 aromatic carbocycles. The lowest BCUT2D eigenvalue weighted by molar-refractivity contribution is 0.127. The molecule has 3 heterocycles. The third-order valence-corrected chi connectivity index (χ3v) is 8.38. The minimum atomic E-state index is -0.953. The third-order valence-electron chi connectivity index (χ3n) is 7.44. The summed E-state index contributed by atoms with van der Waals surface area (Å²) in [6.45, 7) is 8.36. The molecule has 0 spiro atoms. The van der Waals surface area contributed by atoms with E-state index < -0.39 is 23.7 Å². The number of aromatic nitrogens is 1. The Kier molecular flexibility index (Phi) is 7.90. The summed E-state index contributed by atoms with van der Waals surface area (Å²) in [5, 5.41) is 5.49. The van der Waals surface area contributed by atoms with Crippen molar-refractivity contribution in [3.8, 4) is 0 Å².